The van der Waals surface area contributed by atoms with E-state index in [0.717, 1.165) is 30.5 Å². The summed E-state index contributed by atoms with van der Waals surface area (Å²) in [6.45, 7) is 0.415. The molecular formula is C14H17NO4. The molecule has 0 aromatic carbocycles. The van der Waals surface area contributed by atoms with Crippen LogP contribution in [0.1, 0.15) is 25.7 Å². The van der Waals surface area contributed by atoms with Crippen molar-refractivity contribution >= 4 is 11.9 Å². The fourth-order valence-electron chi connectivity index (χ4n) is 3.18. The third kappa shape index (κ3) is 2.08. The number of allylic oxidation sites excluding steroid dienone is 3. The van der Waals surface area contributed by atoms with Crippen molar-refractivity contribution in [1.29, 1.82) is 0 Å². The minimum atomic E-state index is -0.996. The van der Waals surface area contributed by atoms with Gasteiger partial charge in [-0.05, 0) is 30.8 Å². The van der Waals surface area contributed by atoms with Crippen molar-refractivity contribution in [2.75, 3.05) is 13.2 Å². The van der Waals surface area contributed by atoms with Crippen LogP contribution in [0, 0.1) is 5.92 Å². The lowest BCUT2D eigenvalue weighted by molar-refractivity contribution is -0.154. The summed E-state index contributed by atoms with van der Waals surface area (Å²) in [4.78, 5) is 25.0. The first-order chi connectivity index (χ1) is 9.18. The molecule has 5 heteroatoms. The van der Waals surface area contributed by atoms with Gasteiger partial charge in [0, 0.05) is 6.42 Å². The Hall–Kier alpha value is -1.62. The molecule has 0 aromatic rings. The van der Waals surface area contributed by atoms with E-state index >= 15 is 0 Å². The maximum atomic E-state index is 12.3. The van der Waals surface area contributed by atoms with E-state index in [4.69, 9.17) is 4.74 Å². The Morgan fingerprint density at radius 2 is 2.26 bits per heavy atom. The SMILES string of the molecule is O=C(O)C1COCC2=C3C=CCCC3CCC(=O)N21. The van der Waals surface area contributed by atoms with Gasteiger partial charge in [-0.3, -0.25) is 9.69 Å². The van der Waals surface area contributed by atoms with Gasteiger partial charge in [0.05, 0.1) is 18.9 Å². The summed E-state index contributed by atoms with van der Waals surface area (Å²) in [5, 5.41) is 9.27. The molecule has 2 aliphatic heterocycles. The standard InChI is InChI=1S/C14H17NO4/c16-13-6-5-9-3-1-2-4-10(9)11-7-19-8-12(14(17)18)15(11)13/h2,4,9,12H,1,3,5-8H2,(H,17,18). The summed E-state index contributed by atoms with van der Waals surface area (Å²) in [5.41, 5.74) is 1.87. The van der Waals surface area contributed by atoms with Gasteiger partial charge in [-0.2, -0.15) is 0 Å². The van der Waals surface area contributed by atoms with Gasteiger partial charge in [-0.25, -0.2) is 4.79 Å². The van der Waals surface area contributed by atoms with Gasteiger partial charge < -0.3 is 9.84 Å². The molecule has 0 bridgehead atoms. The first-order valence-electron chi connectivity index (χ1n) is 6.70. The third-order valence-electron chi connectivity index (χ3n) is 4.13. The highest BCUT2D eigenvalue weighted by Crippen LogP contribution is 2.37. The number of carboxylic acid groups (broad SMARTS) is 1. The fourth-order valence-corrected chi connectivity index (χ4v) is 3.18. The molecule has 1 fully saturated rings. The predicted octanol–water partition coefficient (Wildman–Crippen LogP) is 1.31. The van der Waals surface area contributed by atoms with Gasteiger partial charge in [0.1, 0.15) is 0 Å². The summed E-state index contributed by atoms with van der Waals surface area (Å²) in [6, 6.07) is -0.877. The quantitative estimate of drug-likeness (QED) is 0.774. The monoisotopic (exact) mass is 263 g/mol. The highest BCUT2D eigenvalue weighted by molar-refractivity contribution is 5.86. The molecule has 0 spiro atoms. The topological polar surface area (TPSA) is 66.8 Å². The lowest BCUT2D eigenvalue weighted by Crippen LogP contribution is -2.51. The summed E-state index contributed by atoms with van der Waals surface area (Å²) < 4.78 is 5.40. The van der Waals surface area contributed by atoms with Crippen LogP contribution in [0.25, 0.3) is 0 Å². The smallest absolute Gasteiger partial charge is 0.329 e. The van der Waals surface area contributed by atoms with Crippen LogP contribution in [-0.2, 0) is 14.3 Å². The molecule has 0 saturated carbocycles. The number of carbonyl (C=O) groups is 2. The van der Waals surface area contributed by atoms with Crippen LogP contribution in [0.4, 0.5) is 0 Å². The molecule has 1 aliphatic carbocycles. The number of amides is 1. The summed E-state index contributed by atoms with van der Waals surface area (Å²) >= 11 is 0. The van der Waals surface area contributed by atoms with Crippen LogP contribution in [0.2, 0.25) is 0 Å². The summed E-state index contributed by atoms with van der Waals surface area (Å²) in [5.74, 6) is -0.713. The second-order valence-corrected chi connectivity index (χ2v) is 5.25. The van der Waals surface area contributed by atoms with Crippen LogP contribution in [0.5, 0.6) is 0 Å². The van der Waals surface area contributed by atoms with E-state index in [0.29, 0.717) is 18.9 Å². The largest absolute Gasteiger partial charge is 0.480 e. The van der Waals surface area contributed by atoms with E-state index in [9.17, 15) is 14.7 Å². The molecule has 102 valence electrons. The fraction of sp³-hybridized carbons (Fsp3) is 0.571. The van der Waals surface area contributed by atoms with Crippen LogP contribution < -0.4 is 0 Å². The Bertz CT molecular complexity index is 480. The Morgan fingerprint density at radius 3 is 3.05 bits per heavy atom. The van der Waals surface area contributed by atoms with Gasteiger partial charge >= 0.3 is 5.97 Å². The molecular weight excluding hydrogens is 246 g/mol. The van der Waals surface area contributed by atoms with E-state index in [2.05, 4.69) is 6.08 Å². The average Bonchev–Trinajstić information content (AvgIpc) is 2.57. The number of carbonyl (C=O) groups excluding carboxylic acids is 1. The molecule has 5 nitrogen and oxygen atoms in total. The molecule has 2 unspecified atom stereocenters. The normalized spacial score (nSPS) is 30.7. The molecule has 1 N–H and O–H groups in total. The lowest BCUT2D eigenvalue weighted by Gasteiger charge is -2.36. The Kier molecular flexibility index (Phi) is 3.14. The Labute approximate surface area is 111 Å². The van der Waals surface area contributed by atoms with Crippen molar-refractivity contribution in [3.63, 3.8) is 0 Å². The van der Waals surface area contributed by atoms with Crippen molar-refractivity contribution in [3.05, 3.63) is 23.4 Å². The zero-order valence-electron chi connectivity index (χ0n) is 10.7. The molecule has 2 atom stereocenters. The number of morpholine rings is 1. The first kappa shape index (κ1) is 12.4. The molecule has 19 heavy (non-hydrogen) atoms. The minimum absolute atomic E-state index is 0.0756. The zero-order valence-corrected chi connectivity index (χ0v) is 10.7. The Balaban J connectivity index is 2.07. The van der Waals surface area contributed by atoms with Gasteiger partial charge in [0.2, 0.25) is 5.91 Å². The van der Waals surface area contributed by atoms with Crippen molar-refractivity contribution < 1.29 is 19.4 Å². The van der Waals surface area contributed by atoms with Crippen LogP contribution in [0.3, 0.4) is 0 Å². The number of hydrogen-bond donors (Lipinski definition) is 1. The molecule has 0 radical (unpaired) electrons. The van der Waals surface area contributed by atoms with Crippen molar-refractivity contribution in [2.24, 2.45) is 5.92 Å². The molecule has 2 heterocycles. The number of fused-ring (bicyclic) bond motifs is 2. The minimum Gasteiger partial charge on any atom is -0.480 e. The number of carboxylic acids is 1. The molecule has 0 aromatic heterocycles. The van der Waals surface area contributed by atoms with E-state index in [1.165, 1.54) is 4.90 Å². The van der Waals surface area contributed by atoms with Crippen molar-refractivity contribution in [3.8, 4) is 0 Å². The maximum absolute atomic E-state index is 12.3. The van der Waals surface area contributed by atoms with Gasteiger partial charge in [-0.15, -0.1) is 0 Å². The van der Waals surface area contributed by atoms with Crippen LogP contribution in [0.15, 0.2) is 23.4 Å². The lowest BCUT2D eigenvalue weighted by atomic mass is 9.85. The number of rotatable bonds is 1. The van der Waals surface area contributed by atoms with Gasteiger partial charge in [0.25, 0.3) is 0 Å². The maximum Gasteiger partial charge on any atom is 0.329 e. The average molecular weight is 263 g/mol. The molecule has 3 rings (SSSR count). The summed E-state index contributed by atoms with van der Waals surface area (Å²) in [7, 11) is 0. The first-order valence-corrected chi connectivity index (χ1v) is 6.70. The van der Waals surface area contributed by atoms with Crippen LogP contribution in [-0.4, -0.2) is 41.1 Å². The van der Waals surface area contributed by atoms with E-state index in [-0.39, 0.29) is 12.5 Å². The number of aliphatic carboxylic acids is 1. The number of nitrogens with zero attached hydrogens (tertiary/aromatic N) is 1. The third-order valence-corrected chi connectivity index (χ3v) is 4.13. The van der Waals surface area contributed by atoms with Gasteiger partial charge in [-0.1, -0.05) is 12.2 Å². The van der Waals surface area contributed by atoms with Crippen LogP contribution >= 0.6 is 0 Å². The second kappa shape index (κ2) is 4.81. The zero-order chi connectivity index (χ0) is 13.4. The van der Waals surface area contributed by atoms with E-state index in [1.807, 2.05) is 6.08 Å². The Morgan fingerprint density at radius 1 is 1.42 bits per heavy atom. The van der Waals surface area contributed by atoms with Gasteiger partial charge in [0.15, 0.2) is 6.04 Å². The van der Waals surface area contributed by atoms with Crippen molar-refractivity contribution in [2.45, 2.75) is 31.7 Å². The summed E-state index contributed by atoms with van der Waals surface area (Å²) in [6.07, 6.45) is 7.44. The van der Waals surface area contributed by atoms with E-state index in [1.54, 1.807) is 0 Å². The highest BCUT2D eigenvalue weighted by atomic mass is 16.5. The predicted molar refractivity (Wildman–Crippen MR) is 67.2 cm³/mol. The molecule has 1 saturated heterocycles. The molecule has 3 aliphatic rings. The van der Waals surface area contributed by atoms with E-state index < -0.39 is 12.0 Å². The number of ether oxygens (including phenoxy) is 1. The molecule has 1 amide bonds. The second-order valence-electron chi connectivity index (χ2n) is 5.25. The highest BCUT2D eigenvalue weighted by Gasteiger charge is 2.40. The van der Waals surface area contributed by atoms with Crippen molar-refractivity contribution in [1.82, 2.24) is 4.90 Å². The number of hydrogen-bond acceptors (Lipinski definition) is 3.